The summed E-state index contributed by atoms with van der Waals surface area (Å²) in [6.45, 7) is 5.85. The van der Waals surface area contributed by atoms with Crippen molar-refractivity contribution in [2.24, 2.45) is 0 Å². The molecule has 0 unspecified atom stereocenters. The fourth-order valence-corrected chi connectivity index (χ4v) is 2.24. The molecule has 5 nitrogen and oxygen atoms in total. The van der Waals surface area contributed by atoms with Crippen molar-refractivity contribution in [1.29, 1.82) is 0 Å². The number of hydrogen-bond donors (Lipinski definition) is 1. The number of thioether (sulfide) groups is 1. The van der Waals surface area contributed by atoms with Crippen LogP contribution in [0.5, 0.6) is 0 Å². The maximum absolute atomic E-state index is 11.5. The van der Waals surface area contributed by atoms with E-state index < -0.39 is 0 Å². The van der Waals surface area contributed by atoms with E-state index in [9.17, 15) is 4.79 Å². The molecule has 0 radical (unpaired) electrons. The van der Waals surface area contributed by atoms with Crippen molar-refractivity contribution in [2.75, 3.05) is 5.75 Å². The Labute approximate surface area is 122 Å². The van der Waals surface area contributed by atoms with Gasteiger partial charge in [-0.25, -0.2) is 0 Å². The predicted molar refractivity (Wildman–Crippen MR) is 78.5 cm³/mol. The van der Waals surface area contributed by atoms with E-state index >= 15 is 0 Å². The van der Waals surface area contributed by atoms with Gasteiger partial charge in [-0.05, 0) is 26.8 Å². The molecule has 0 aliphatic carbocycles. The molecule has 0 saturated carbocycles. The quantitative estimate of drug-likeness (QED) is 0.858. The number of amides is 1. The molecule has 1 N–H and O–H groups in total. The van der Waals surface area contributed by atoms with E-state index in [0.717, 1.165) is 11.1 Å². The van der Waals surface area contributed by atoms with Crippen LogP contribution in [0, 0.1) is 6.92 Å². The largest absolute Gasteiger partial charge is 0.353 e. The lowest BCUT2D eigenvalue weighted by atomic mass is 10.1. The first-order valence-corrected chi connectivity index (χ1v) is 7.36. The van der Waals surface area contributed by atoms with Gasteiger partial charge in [-0.1, -0.05) is 40.7 Å². The molecule has 0 saturated heterocycles. The first-order valence-electron chi connectivity index (χ1n) is 6.37. The maximum Gasteiger partial charge on any atom is 0.286 e. The summed E-state index contributed by atoms with van der Waals surface area (Å²) in [5, 5.41) is 7.14. The molecular weight excluding hydrogens is 274 g/mol. The molecule has 106 valence electrons. The number of aromatic nitrogens is 2. The third-order valence-electron chi connectivity index (χ3n) is 2.46. The second-order valence-electron chi connectivity index (χ2n) is 4.76. The molecule has 0 fully saturated rings. The lowest BCUT2D eigenvalue weighted by Crippen LogP contribution is -2.31. The molecule has 1 amide bonds. The van der Waals surface area contributed by atoms with Crippen LogP contribution in [0.4, 0.5) is 0 Å². The third-order valence-corrected chi connectivity index (χ3v) is 3.28. The summed E-state index contributed by atoms with van der Waals surface area (Å²) < 4.78 is 5.14. The molecule has 20 heavy (non-hydrogen) atoms. The van der Waals surface area contributed by atoms with Crippen molar-refractivity contribution in [3.63, 3.8) is 0 Å². The summed E-state index contributed by atoms with van der Waals surface area (Å²) >= 11 is 1.24. The van der Waals surface area contributed by atoms with Gasteiger partial charge in [-0.3, -0.25) is 4.79 Å². The molecule has 1 aromatic carbocycles. The first kappa shape index (κ1) is 14.6. The van der Waals surface area contributed by atoms with Crippen LogP contribution in [0.3, 0.4) is 0 Å². The molecule has 0 atom stereocenters. The minimum Gasteiger partial charge on any atom is -0.353 e. The molecule has 1 aromatic heterocycles. The zero-order valence-electron chi connectivity index (χ0n) is 11.7. The van der Waals surface area contributed by atoms with Crippen LogP contribution in [-0.4, -0.2) is 27.8 Å². The molecule has 0 bridgehead atoms. The summed E-state index contributed by atoms with van der Waals surface area (Å²) in [7, 11) is 0. The van der Waals surface area contributed by atoms with Crippen LogP contribution in [0.1, 0.15) is 19.4 Å². The maximum atomic E-state index is 11.5. The van der Waals surface area contributed by atoms with Gasteiger partial charge >= 0.3 is 0 Å². The number of aryl methyl sites for hydroxylation is 1. The van der Waals surface area contributed by atoms with Crippen molar-refractivity contribution in [2.45, 2.75) is 32.0 Å². The van der Waals surface area contributed by atoms with Gasteiger partial charge in [-0.2, -0.15) is 4.98 Å². The topological polar surface area (TPSA) is 68.0 Å². The summed E-state index contributed by atoms with van der Waals surface area (Å²) in [4.78, 5) is 15.8. The second-order valence-corrected chi connectivity index (χ2v) is 5.69. The Balaban J connectivity index is 1.97. The van der Waals surface area contributed by atoms with Crippen molar-refractivity contribution >= 4 is 17.7 Å². The number of nitrogens with one attached hydrogen (secondary N) is 1. The lowest BCUT2D eigenvalue weighted by Gasteiger charge is -2.05. The van der Waals surface area contributed by atoms with Crippen LogP contribution < -0.4 is 5.32 Å². The molecule has 2 rings (SSSR count). The van der Waals surface area contributed by atoms with Gasteiger partial charge in [0, 0.05) is 11.6 Å². The van der Waals surface area contributed by atoms with Gasteiger partial charge in [0.1, 0.15) is 0 Å². The third kappa shape index (κ3) is 4.09. The van der Waals surface area contributed by atoms with Crippen LogP contribution in [-0.2, 0) is 4.79 Å². The predicted octanol–water partition coefficient (Wildman–Crippen LogP) is 2.66. The number of carbonyl (C=O) groups is 1. The highest BCUT2D eigenvalue weighted by Gasteiger charge is 2.11. The minimum absolute atomic E-state index is 0.0414. The van der Waals surface area contributed by atoms with Crippen molar-refractivity contribution < 1.29 is 9.32 Å². The highest BCUT2D eigenvalue weighted by atomic mass is 32.2. The molecule has 6 heteroatoms. The Morgan fingerprint density at radius 1 is 1.45 bits per heavy atom. The van der Waals surface area contributed by atoms with Crippen molar-refractivity contribution in [1.82, 2.24) is 15.5 Å². The monoisotopic (exact) mass is 291 g/mol. The number of benzene rings is 1. The van der Waals surface area contributed by atoms with Gasteiger partial charge < -0.3 is 9.84 Å². The van der Waals surface area contributed by atoms with E-state index in [0.29, 0.717) is 11.0 Å². The summed E-state index contributed by atoms with van der Waals surface area (Å²) in [5.41, 5.74) is 2.05. The van der Waals surface area contributed by atoms with E-state index in [1.807, 2.05) is 45.0 Å². The van der Waals surface area contributed by atoms with Crippen molar-refractivity contribution in [3.8, 4) is 11.4 Å². The van der Waals surface area contributed by atoms with E-state index in [-0.39, 0.29) is 17.7 Å². The Bertz CT molecular complexity index is 596. The summed E-state index contributed by atoms with van der Waals surface area (Å²) in [6, 6.07) is 8.01. The van der Waals surface area contributed by atoms with E-state index in [1.54, 1.807) is 0 Å². The van der Waals surface area contributed by atoms with Gasteiger partial charge in [0.25, 0.3) is 5.22 Å². The van der Waals surface area contributed by atoms with E-state index in [1.165, 1.54) is 11.8 Å². The lowest BCUT2D eigenvalue weighted by molar-refractivity contribution is -0.119. The SMILES string of the molecule is Cc1cccc(-c2noc(SCC(=O)NC(C)C)n2)c1. The van der Waals surface area contributed by atoms with E-state index in [4.69, 9.17) is 4.52 Å². The highest BCUT2D eigenvalue weighted by molar-refractivity contribution is 7.99. The Morgan fingerprint density at radius 3 is 2.95 bits per heavy atom. The zero-order valence-corrected chi connectivity index (χ0v) is 12.5. The summed E-state index contributed by atoms with van der Waals surface area (Å²) in [5.74, 6) is 0.772. The van der Waals surface area contributed by atoms with E-state index in [2.05, 4.69) is 15.5 Å². The Hall–Kier alpha value is -1.82. The number of carbonyl (C=O) groups excluding carboxylic acids is 1. The zero-order chi connectivity index (χ0) is 14.5. The first-order chi connectivity index (χ1) is 9.54. The van der Waals surface area contributed by atoms with Gasteiger partial charge in [-0.15, -0.1) is 0 Å². The molecule has 0 spiro atoms. The fourth-order valence-electron chi connectivity index (χ4n) is 1.66. The second kappa shape index (κ2) is 6.56. The Morgan fingerprint density at radius 2 is 2.25 bits per heavy atom. The number of rotatable bonds is 5. The normalized spacial score (nSPS) is 10.8. The highest BCUT2D eigenvalue weighted by Crippen LogP contribution is 2.21. The van der Waals surface area contributed by atoms with Crippen LogP contribution in [0.15, 0.2) is 34.0 Å². The average molecular weight is 291 g/mol. The van der Waals surface area contributed by atoms with Gasteiger partial charge in [0.05, 0.1) is 5.75 Å². The minimum atomic E-state index is -0.0414. The fraction of sp³-hybridized carbons (Fsp3) is 0.357. The number of hydrogen-bond acceptors (Lipinski definition) is 5. The molecule has 2 aromatic rings. The van der Waals surface area contributed by atoms with Crippen LogP contribution in [0.25, 0.3) is 11.4 Å². The van der Waals surface area contributed by atoms with Crippen LogP contribution in [0.2, 0.25) is 0 Å². The van der Waals surface area contributed by atoms with Crippen LogP contribution >= 0.6 is 11.8 Å². The molecule has 0 aliphatic heterocycles. The number of nitrogens with zero attached hydrogens (tertiary/aromatic N) is 2. The van der Waals surface area contributed by atoms with Crippen molar-refractivity contribution in [3.05, 3.63) is 29.8 Å². The standard InChI is InChI=1S/C14H17N3O2S/c1-9(2)15-12(18)8-20-14-16-13(17-19-14)11-6-4-5-10(3)7-11/h4-7,9H,8H2,1-3H3,(H,15,18). The Kier molecular flexibility index (Phi) is 4.79. The molecular formula is C14H17N3O2S. The average Bonchev–Trinajstić information content (AvgIpc) is 2.84. The smallest absolute Gasteiger partial charge is 0.286 e. The molecule has 0 aliphatic rings. The van der Waals surface area contributed by atoms with Gasteiger partial charge in [0.15, 0.2) is 0 Å². The summed E-state index contributed by atoms with van der Waals surface area (Å²) in [6.07, 6.45) is 0. The van der Waals surface area contributed by atoms with Gasteiger partial charge in [0.2, 0.25) is 11.7 Å². The molecule has 1 heterocycles.